The maximum absolute atomic E-state index is 4.50. The van der Waals surface area contributed by atoms with Crippen LogP contribution in [-0.2, 0) is 6.42 Å². The van der Waals surface area contributed by atoms with Gasteiger partial charge in [0, 0.05) is 24.5 Å². The Labute approximate surface area is 114 Å². The topological polar surface area (TPSA) is 41.1 Å². The summed E-state index contributed by atoms with van der Waals surface area (Å²) in [5.74, 6) is 1.79. The Morgan fingerprint density at radius 2 is 2.11 bits per heavy atom. The average Bonchev–Trinajstić information content (AvgIpc) is 2.85. The minimum Gasteiger partial charge on any atom is -0.360 e. The molecule has 0 aliphatic carbocycles. The van der Waals surface area contributed by atoms with Crippen LogP contribution in [0.1, 0.15) is 38.9 Å². The van der Waals surface area contributed by atoms with Gasteiger partial charge in [0.05, 0.1) is 0 Å². The second-order valence-corrected chi connectivity index (χ2v) is 5.78. The Morgan fingerprint density at radius 1 is 1.33 bits per heavy atom. The van der Waals surface area contributed by atoms with Gasteiger partial charge in [0.15, 0.2) is 0 Å². The predicted molar refractivity (Wildman–Crippen MR) is 77.2 cm³/mol. The van der Waals surface area contributed by atoms with Crippen LogP contribution in [0.15, 0.2) is 0 Å². The van der Waals surface area contributed by atoms with E-state index in [9.17, 15) is 0 Å². The van der Waals surface area contributed by atoms with Gasteiger partial charge in [-0.25, -0.2) is 4.98 Å². The van der Waals surface area contributed by atoms with E-state index in [0.29, 0.717) is 0 Å². The first kappa shape index (κ1) is 13.7. The van der Waals surface area contributed by atoms with Crippen molar-refractivity contribution in [2.75, 3.05) is 31.5 Å². The number of aromatic nitrogens is 2. The van der Waals surface area contributed by atoms with Crippen molar-refractivity contribution in [2.45, 2.75) is 39.5 Å². The van der Waals surface area contributed by atoms with E-state index < -0.39 is 0 Å². The molecule has 1 fully saturated rings. The van der Waals surface area contributed by atoms with Crippen molar-refractivity contribution in [2.24, 2.45) is 5.92 Å². The summed E-state index contributed by atoms with van der Waals surface area (Å²) in [6.07, 6.45) is 4.72. The fourth-order valence-electron chi connectivity index (χ4n) is 2.39. The lowest BCUT2D eigenvalue weighted by Gasteiger charge is -2.30. The highest BCUT2D eigenvalue weighted by atomic mass is 32.1. The van der Waals surface area contributed by atoms with Crippen LogP contribution < -0.4 is 5.32 Å². The molecule has 18 heavy (non-hydrogen) atoms. The Bertz CT molecular complexity index is 345. The number of likely N-dealkylation sites (tertiary alicyclic amines) is 1. The van der Waals surface area contributed by atoms with Crippen LogP contribution in [0, 0.1) is 5.92 Å². The first-order valence-electron chi connectivity index (χ1n) is 7.10. The standard InChI is InChI=1S/C13H24N4S/c1-3-5-12-15-13(18-16-12)14-10-11-6-8-17(4-2)9-7-11/h11H,3-10H2,1-2H3,(H,14,15,16). The summed E-state index contributed by atoms with van der Waals surface area (Å²) < 4.78 is 4.35. The van der Waals surface area contributed by atoms with Crippen LogP contribution in [0.25, 0.3) is 0 Å². The van der Waals surface area contributed by atoms with Crippen LogP contribution >= 0.6 is 11.5 Å². The minimum absolute atomic E-state index is 0.798. The number of anilines is 1. The maximum atomic E-state index is 4.50. The molecule has 0 aromatic carbocycles. The lowest BCUT2D eigenvalue weighted by atomic mass is 9.97. The van der Waals surface area contributed by atoms with Gasteiger partial charge in [-0.3, -0.25) is 0 Å². The number of hydrogen-bond acceptors (Lipinski definition) is 5. The molecule has 1 N–H and O–H groups in total. The minimum atomic E-state index is 0.798. The third-order valence-electron chi connectivity index (χ3n) is 3.64. The molecule has 2 heterocycles. The summed E-state index contributed by atoms with van der Waals surface area (Å²) in [5.41, 5.74) is 0. The number of rotatable bonds is 6. The zero-order valence-electron chi connectivity index (χ0n) is 11.5. The molecular formula is C13H24N4S. The van der Waals surface area contributed by atoms with Crippen molar-refractivity contribution in [1.82, 2.24) is 14.3 Å². The Hall–Kier alpha value is -0.680. The highest BCUT2D eigenvalue weighted by Crippen LogP contribution is 2.19. The summed E-state index contributed by atoms with van der Waals surface area (Å²) in [6.45, 7) is 9.15. The molecule has 4 nitrogen and oxygen atoms in total. The average molecular weight is 268 g/mol. The number of nitrogens with zero attached hydrogens (tertiary/aromatic N) is 3. The zero-order valence-corrected chi connectivity index (χ0v) is 12.3. The zero-order chi connectivity index (χ0) is 12.8. The van der Waals surface area contributed by atoms with Gasteiger partial charge in [0.2, 0.25) is 5.13 Å². The molecule has 0 unspecified atom stereocenters. The van der Waals surface area contributed by atoms with Crippen molar-refractivity contribution in [3.05, 3.63) is 5.82 Å². The molecule has 102 valence electrons. The molecule has 1 aliphatic rings. The molecular weight excluding hydrogens is 244 g/mol. The number of piperidine rings is 1. The molecule has 0 saturated carbocycles. The van der Waals surface area contributed by atoms with E-state index in [1.165, 1.54) is 44.0 Å². The third-order valence-corrected chi connectivity index (χ3v) is 4.35. The molecule has 0 bridgehead atoms. The summed E-state index contributed by atoms with van der Waals surface area (Å²) >= 11 is 1.50. The Balaban J connectivity index is 1.71. The quantitative estimate of drug-likeness (QED) is 0.861. The Morgan fingerprint density at radius 3 is 2.78 bits per heavy atom. The molecule has 0 amide bonds. The monoisotopic (exact) mass is 268 g/mol. The third kappa shape index (κ3) is 3.92. The Kier molecular flexibility index (Phi) is 5.38. The van der Waals surface area contributed by atoms with Gasteiger partial charge in [-0.05, 0) is 44.8 Å². The molecule has 1 aromatic rings. The van der Waals surface area contributed by atoms with E-state index in [-0.39, 0.29) is 0 Å². The summed E-state index contributed by atoms with van der Waals surface area (Å²) in [7, 11) is 0. The molecule has 1 saturated heterocycles. The summed E-state index contributed by atoms with van der Waals surface area (Å²) in [6, 6.07) is 0. The first-order chi connectivity index (χ1) is 8.81. The van der Waals surface area contributed by atoms with Gasteiger partial charge in [-0.1, -0.05) is 13.8 Å². The highest BCUT2D eigenvalue weighted by molar-refractivity contribution is 7.09. The van der Waals surface area contributed by atoms with E-state index in [4.69, 9.17) is 0 Å². The van der Waals surface area contributed by atoms with Gasteiger partial charge in [-0.2, -0.15) is 4.37 Å². The molecule has 5 heteroatoms. The van der Waals surface area contributed by atoms with Crippen LogP contribution in [-0.4, -0.2) is 40.4 Å². The predicted octanol–water partition coefficient (Wildman–Crippen LogP) is 2.63. The van der Waals surface area contributed by atoms with Gasteiger partial charge < -0.3 is 10.2 Å². The lowest BCUT2D eigenvalue weighted by molar-refractivity contribution is 0.198. The van der Waals surface area contributed by atoms with E-state index in [2.05, 4.69) is 33.4 Å². The number of aryl methyl sites for hydroxylation is 1. The first-order valence-corrected chi connectivity index (χ1v) is 7.88. The number of hydrogen-bond donors (Lipinski definition) is 1. The fraction of sp³-hybridized carbons (Fsp3) is 0.846. The molecule has 1 aromatic heterocycles. The molecule has 1 aliphatic heterocycles. The number of nitrogens with one attached hydrogen (secondary N) is 1. The summed E-state index contributed by atoms with van der Waals surface area (Å²) in [5, 5.41) is 4.45. The highest BCUT2D eigenvalue weighted by Gasteiger charge is 2.18. The molecule has 0 atom stereocenters. The summed E-state index contributed by atoms with van der Waals surface area (Å²) in [4.78, 5) is 7.03. The fourth-order valence-corrected chi connectivity index (χ4v) is 3.01. The van der Waals surface area contributed by atoms with Gasteiger partial charge in [0.25, 0.3) is 0 Å². The van der Waals surface area contributed by atoms with Crippen LogP contribution in [0.4, 0.5) is 5.13 Å². The van der Waals surface area contributed by atoms with Crippen LogP contribution in [0.2, 0.25) is 0 Å². The van der Waals surface area contributed by atoms with Crippen molar-refractivity contribution >= 4 is 16.7 Å². The smallest absolute Gasteiger partial charge is 0.202 e. The maximum Gasteiger partial charge on any atom is 0.202 e. The second kappa shape index (κ2) is 7.04. The van der Waals surface area contributed by atoms with Crippen molar-refractivity contribution in [3.8, 4) is 0 Å². The van der Waals surface area contributed by atoms with E-state index in [0.717, 1.165) is 36.3 Å². The normalized spacial score (nSPS) is 18.1. The second-order valence-electron chi connectivity index (χ2n) is 5.02. The SMILES string of the molecule is CCCc1nsc(NCC2CCN(CC)CC2)n1. The van der Waals surface area contributed by atoms with E-state index in [1.807, 2.05) is 0 Å². The lowest BCUT2D eigenvalue weighted by Crippen LogP contribution is -2.35. The molecule has 0 radical (unpaired) electrons. The van der Waals surface area contributed by atoms with Crippen LogP contribution in [0.3, 0.4) is 0 Å². The van der Waals surface area contributed by atoms with Crippen molar-refractivity contribution in [3.63, 3.8) is 0 Å². The largest absolute Gasteiger partial charge is 0.360 e. The van der Waals surface area contributed by atoms with Gasteiger partial charge in [0.1, 0.15) is 5.82 Å². The molecule has 0 spiro atoms. The van der Waals surface area contributed by atoms with Gasteiger partial charge in [-0.15, -0.1) is 0 Å². The molecule has 2 rings (SSSR count). The van der Waals surface area contributed by atoms with E-state index in [1.54, 1.807) is 0 Å². The van der Waals surface area contributed by atoms with E-state index >= 15 is 0 Å². The van der Waals surface area contributed by atoms with Crippen LogP contribution in [0.5, 0.6) is 0 Å². The van der Waals surface area contributed by atoms with Crippen molar-refractivity contribution < 1.29 is 0 Å². The van der Waals surface area contributed by atoms with Gasteiger partial charge >= 0.3 is 0 Å². The van der Waals surface area contributed by atoms with Crippen molar-refractivity contribution in [1.29, 1.82) is 0 Å².